The Labute approximate surface area is 174 Å². The van der Waals surface area contributed by atoms with Crippen LogP contribution in [0.25, 0.3) is 0 Å². The molecule has 0 aliphatic carbocycles. The van der Waals surface area contributed by atoms with Crippen LogP contribution in [0.4, 0.5) is 13.2 Å². The van der Waals surface area contributed by atoms with E-state index in [1.165, 1.54) is 24.2 Å². The van der Waals surface area contributed by atoms with Crippen molar-refractivity contribution in [3.63, 3.8) is 0 Å². The fraction of sp³-hybridized carbons (Fsp3) is 0.700. The molecule has 0 radical (unpaired) electrons. The molecule has 30 heavy (non-hydrogen) atoms. The molecule has 1 fully saturated rings. The van der Waals surface area contributed by atoms with Gasteiger partial charge < -0.3 is 19.4 Å². The highest BCUT2D eigenvalue weighted by Gasteiger charge is 2.28. The normalized spacial score (nSPS) is 24.1. The van der Waals surface area contributed by atoms with Crippen LogP contribution >= 0.6 is 0 Å². The minimum Gasteiger partial charge on any atom is -0.542 e. The lowest BCUT2D eigenvalue weighted by atomic mass is 10.1. The molecule has 2 N–H and O–H groups in total. The Morgan fingerprint density at radius 2 is 1.97 bits per heavy atom. The SMILES string of the molecule is O=C([O-])C(F)(F)F.c1cc2[nH+]c(c1)COC1CCN(CCNCOCCCCC2)C1. The average molecular weight is 433 g/mol. The lowest BCUT2D eigenvalue weighted by Crippen LogP contribution is -2.37. The molecule has 1 aromatic heterocycles. The van der Waals surface area contributed by atoms with E-state index < -0.39 is 12.1 Å². The summed E-state index contributed by atoms with van der Waals surface area (Å²) in [5, 5.41) is 12.2. The fourth-order valence-electron chi connectivity index (χ4n) is 3.29. The van der Waals surface area contributed by atoms with Crippen molar-refractivity contribution in [2.75, 3.05) is 39.5 Å². The molecule has 2 atom stereocenters. The van der Waals surface area contributed by atoms with Gasteiger partial charge in [0.05, 0.1) is 12.8 Å². The Morgan fingerprint density at radius 3 is 2.73 bits per heavy atom. The molecule has 0 aromatic carbocycles. The molecular formula is C20H30F3N3O4. The van der Waals surface area contributed by atoms with E-state index in [4.69, 9.17) is 19.4 Å². The summed E-state index contributed by atoms with van der Waals surface area (Å²) in [7, 11) is 0. The summed E-state index contributed by atoms with van der Waals surface area (Å²) in [5.41, 5.74) is 2.50. The number of carbonyl (C=O) groups is 1. The zero-order valence-corrected chi connectivity index (χ0v) is 17.0. The van der Waals surface area contributed by atoms with Crippen LogP contribution < -0.4 is 15.4 Å². The predicted octanol–water partition coefficient (Wildman–Crippen LogP) is 0.680. The molecule has 3 rings (SSSR count). The highest BCUT2D eigenvalue weighted by Crippen LogP contribution is 2.14. The number of ether oxygens (including phenoxy) is 2. The Morgan fingerprint density at radius 1 is 1.20 bits per heavy atom. The van der Waals surface area contributed by atoms with Crippen LogP contribution in [0.15, 0.2) is 18.2 Å². The molecule has 0 amide bonds. The first-order valence-electron chi connectivity index (χ1n) is 10.3. The number of hydrogen-bond donors (Lipinski definition) is 1. The molecule has 4 bridgehead atoms. The van der Waals surface area contributed by atoms with Crippen LogP contribution in [0.1, 0.15) is 37.1 Å². The van der Waals surface area contributed by atoms with E-state index in [1.807, 2.05) is 0 Å². The van der Waals surface area contributed by atoms with Gasteiger partial charge in [-0.1, -0.05) is 6.42 Å². The van der Waals surface area contributed by atoms with E-state index in [9.17, 15) is 13.2 Å². The Bertz CT molecular complexity index is 646. The number of carboxylic acid groups (broad SMARTS) is 1. The minimum atomic E-state index is -5.19. The summed E-state index contributed by atoms with van der Waals surface area (Å²) < 4.78 is 43.3. The van der Waals surface area contributed by atoms with Crippen molar-refractivity contribution < 1.29 is 37.5 Å². The van der Waals surface area contributed by atoms with Crippen LogP contribution in [-0.2, 0) is 27.3 Å². The van der Waals surface area contributed by atoms with Gasteiger partial charge in [0.25, 0.3) is 0 Å². The van der Waals surface area contributed by atoms with E-state index in [0.717, 1.165) is 52.0 Å². The van der Waals surface area contributed by atoms with Crippen LogP contribution in [-0.4, -0.2) is 62.7 Å². The van der Waals surface area contributed by atoms with Crippen molar-refractivity contribution in [3.8, 4) is 0 Å². The average Bonchev–Trinajstić information content (AvgIpc) is 3.15. The van der Waals surface area contributed by atoms with Gasteiger partial charge in [0, 0.05) is 51.3 Å². The minimum absolute atomic E-state index is 0.363. The number of aromatic nitrogens is 1. The van der Waals surface area contributed by atoms with Gasteiger partial charge in [0.2, 0.25) is 5.69 Å². The van der Waals surface area contributed by atoms with Gasteiger partial charge in [0.1, 0.15) is 12.6 Å². The van der Waals surface area contributed by atoms with Gasteiger partial charge in [-0.15, -0.1) is 0 Å². The molecule has 2 unspecified atom stereocenters. The van der Waals surface area contributed by atoms with Gasteiger partial charge in [-0.25, -0.2) is 4.98 Å². The van der Waals surface area contributed by atoms with Gasteiger partial charge in [0.15, 0.2) is 5.69 Å². The van der Waals surface area contributed by atoms with Crippen LogP contribution in [0.3, 0.4) is 0 Å². The number of halogens is 3. The number of carboxylic acids is 1. The van der Waals surface area contributed by atoms with E-state index >= 15 is 0 Å². The van der Waals surface area contributed by atoms with E-state index in [-0.39, 0.29) is 0 Å². The first-order valence-corrected chi connectivity index (χ1v) is 10.3. The summed E-state index contributed by atoms with van der Waals surface area (Å²) >= 11 is 0. The van der Waals surface area contributed by atoms with Crippen molar-refractivity contribution >= 4 is 5.97 Å². The van der Waals surface area contributed by atoms with Crippen LogP contribution in [0.5, 0.6) is 0 Å². The number of hydrogen-bond acceptors (Lipinski definition) is 6. The third kappa shape index (κ3) is 9.84. The van der Waals surface area contributed by atoms with Crippen molar-refractivity contribution in [2.45, 2.75) is 51.0 Å². The second kappa shape index (κ2) is 12.8. The van der Waals surface area contributed by atoms with Crippen molar-refractivity contribution in [1.82, 2.24) is 10.2 Å². The van der Waals surface area contributed by atoms with Gasteiger partial charge in [-0.2, -0.15) is 13.2 Å². The number of aliphatic carboxylic acids is 1. The summed E-state index contributed by atoms with van der Waals surface area (Å²) in [6.45, 7) is 6.46. The Hall–Kier alpha value is -1.75. The molecular weight excluding hydrogens is 403 g/mol. The topological polar surface area (TPSA) is 88.0 Å². The summed E-state index contributed by atoms with van der Waals surface area (Å²) in [6.07, 6.45) is 0.958. The van der Waals surface area contributed by atoms with Gasteiger partial charge >= 0.3 is 6.18 Å². The number of fused-ring (bicyclic) bond motifs is 4. The third-order valence-electron chi connectivity index (χ3n) is 4.89. The summed E-state index contributed by atoms with van der Waals surface area (Å²) in [6, 6.07) is 6.45. The number of H-pyrrole nitrogens is 1. The molecule has 1 saturated heterocycles. The van der Waals surface area contributed by atoms with Crippen molar-refractivity contribution in [2.24, 2.45) is 0 Å². The Kier molecular flexibility index (Phi) is 10.5. The fourth-order valence-corrected chi connectivity index (χ4v) is 3.29. The zero-order chi connectivity index (χ0) is 21.8. The molecule has 7 nitrogen and oxygen atoms in total. The number of nitrogens with zero attached hydrogens (tertiary/aromatic N) is 1. The number of rotatable bonds is 0. The molecule has 0 saturated carbocycles. The molecule has 0 spiro atoms. The van der Waals surface area contributed by atoms with Crippen molar-refractivity contribution in [1.29, 1.82) is 0 Å². The first-order chi connectivity index (χ1) is 14.3. The van der Waals surface area contributed by atoms with E-state index in [1.54, 1.807) is 0 Å². The molecule has 3 heterocycles. The Balaban J connectivity index is 0.000000396. The highest BCUT2D eigenvalue weighted by molar-refractivity contribution is 5.70. The van der Waals surface area contributed by atoms with Gasteiger partial charge in [-0.3, -0.25) is 10.2 Å². The first kappa shape index (κ1) is 24.5. The number of aromatic amines is 1. The van der Waals surface area contributed by atoms with Crippen LogP contribution in [0.2, 0.25) is 0 Å². The quantitative estimate of drug-likeness (QED) is 0.648. The maximum atomic E-state index is 10.5. The molecule has 2 aliphatic rings. The van der Waals surface area contributed by atoms with Crippen molar-refractivity contribution in [3.05, 3.63) is 29.6 Å². The molecule has 10 heteroatoms. The monoisotopic (exact) mass is 433 g/mol. The van der Waals surface area contributed by atoms with E-state index in [0.29, 0.717) is 19.4 Å². The number of pyridine rings is 1. The zero-order valence-electron chi connectivity index (χ0n) is 17.0. The lowest BCUT2D eigenvalue weighted by molar-refractivity contribution is -0.408. The smallest absolute Gasteiger partial charge is 0.430 e. The maximum absolute atomic E-state index is 10.5. The lowest BCUT2D eigenvalue weighted by Gasteiger charge is -2.16. The number of aryl methyl sites for hydroxylation is 1. The maximum Gasteiger partial charge on any atom is 0.430 e. The number of carbonyl (C=O) groups excluding carboxylic acids is 1. The molecule has 1 aromatic rings. The second-order valence-corrected chi connectivity index (χ2v) is 7.37. The van der Waals surface area contributed by atoms with Gasteiger partial charge in [-0.05, 0) is 25.3 Å². The highest BCUT2D eigenvalue weighted by atomic mass is 19.4. The number of alkyl halides is 3. The van der Waals surface area contributed by atoms with E-state index in [2.05, 4.69) is 33.4 Å². The standard InChI is InChI=1S/C18H29N3O2.C2HF3O2/c1-2-5-16-6-4-7-17(20-16)14-23-18-8-10-21(13-18)11-9-19-15-22-12-3-1;3-2(4,5)1(6)7/h4,6-7,18-19H,1-3,5,8-15H2;(H,6,7). The molecule has 170 valence electrons. The third-order valence-corrected chi connectivity index (χ3v) is 4.89. The molecule has 2 aliphatic heterocycles. The van der Waals surface area contributed by atoms with Crippen LogP contribution in [0, 0.1) is 0 Å². The number of nitrogens with one attached hydrogen (secondary N) is 2. The summed E-state index contributed by atoms with van der Waals surface area (Å²) in [5.74, 6) is -3.01. The largest absolute Gasteiger partial charge is 0.542 e. The summed E-state index contributed by atoms with van der Waals surface area (Å²) in [4.78, 5) is 14.8. The second-order valence-electron chi connectivity index (χ2n) is 7.37. The predicted molar refractivity (Wildman–Crippen MR) is 100 cm³/mol.